The molecule has 1 aromatic rings. The zero-order valence-corrected chi connectivity index (χ0v) is 9.45. The highest BCUT2D eigenvalue weighted by Crippen LogP contribution is 2.19. The Morgan fingerprint density at radius 2 is 2.31 bits per heavy atom. The first kappa shape index (κ1) is 12.3. The van der Waals surface area contributed by atoms with E-state index in [0.29, 0.717) is 11.2 Å². The standard InChI is InChI=1S/C11H9NO3S/c1-2-15-11(14)9-3-8(6-13)7(5-12)4-10(9)16/h3-4,6,16H,2H2,1H3. The number of carbonyl (C=O) groups is 2. The van der Waals surface area contributed by atoms with E-state index >= 15 is 0 Å². The van der Waals surface area contributed by atoms with Crippen LogP contribution in [0.15, 0.2) is 17.0 Å². The Bertz CT molecular complexity index is 477. The quantitative estimate of drug-likeness (QED) is 0.493. The number of benzene rings is 1. The minimum absolute atomic E-state index is 0.156. The van der Waals surface area contributed by atoms with Gasteiger partial charge in [0.25, 0.3) is 0 Å². The smallest absolute Gasteiger partial charge is 0.339 e. The number of carbonyl (C=O) groups excluding carboxylic acids is 2. The zero-order chi connectivity index (χ0) is 12.1. The molecule has 0 aliphatic heterocycles. The van der Waals surface area contributed by atoms with Gasteiger partial charge in [-0.05, 0) is 19.1 Å². The van der Waals surface area contributed by atoms with Crippen LogP contribution in [0.2, 0.25) is 0 Å². The van der Waals surface area contributed by atoms with Crippen LogP contribution in [0.1, 0.15) is 33.2 Å². The monoisotopic (exact) mass is 235 g/mol. The number of nitrogens with zero attached hydrogens (tertiary/aromatic N) is 1. The third-order valence-corrected chi connectivity index (χ3v) is 2.28. The van der Waals surface area contributed by atoms with E-state index in [-0.39, 0.29) is 23.3 Å². The molecule has 0 aliphatic rings. The van der Waals surface area contributed by atoms with Crippen LogP contribution in [0.5, 0.6) is 0 Å². The van der Waals surface area contributed by atoms with Gasteiger partial charge in [-0.2, -0.15) is 5.26 Å². The van der Waals surface area contributed by atoms with E-state index in [0.717, 1.165) is 0 Å². The zero-order valence-electron chi connectivity index (χ0n) is 8.56. The van der Waals surface area contributed by atoms with E-state index in [1.807, 2.05) is 6.07 Å². The number of esters is 1. The normalized spacial score (nSPS) is 9.31. The van der Waals surface area contributed by atoms with Crippen LogP contribution in [-0.2, 0) is 4.74 Å². The van der Waals surface area contributed by atoms with Crippen molar-refractivity contribution < 1.29 is 14.3 Å². The first-order chi connectivity index (χ1) is 7.63. The van der Waals surface area contributed by atoms with E-state index in [2.05, 4.69) is 12.6 Å². The Balaban J connectivity index is 3.27. The molecule has 0 heterocycles. The summed E-state index contributed by atoms with van der Waals surface area (Å²) in [6.07, 6.45) is 0.522. The lowest BCUT2D eigenvalue weighted by atomic mass is 10.1. The summed E-state index contributed by atoms with van der Waals surface area (Å²) in [5.74, 6) is -0.555. The largest absolute Gasteiger partial charge is 0.462 e. The summed E-state index contributed by atoms with van der Waals surface area (Å²) in [7, 11) is 0. The SMILES string of the molecule is CCOC(=O)c1cc(C=O)c(C#N)cc1S. The minimum atomic E-state index is -0.555. The van der Waals surface area contributed by atoms with Gasteiger partial charge in [0, 0.05) is 10.5 Å². The van der Waals surface area contributed by atoms with Crippen molar-refractivity contribution in [2.45, 2.75) is 11.8 Å². The molecule has 0 aliphatic carbocycles. The molecule has 82 valence electrons. The maximum atomic E-state index is 11.5. The lowest BCUT2D eigenvalue weighted by Crippen LogP contribution is -2.07. The summed E-state index contributed by atoms with van der Waals surface area (Å²) in [5, 5.41) is 8.75. The maximum absolute atomic E-state index is 11.5. The van der Waals surface area contributed by atoms with Crippen LogP contribution in [0.25, 0.3) is 0 Å². The van der Waals surface area contributed by atoms with E-state index in [1.54, 1.807) is 6.92 Å². The lowest BCUT2D eigenvalue weighted by molar-refractivity contribution is 0.0522. The average molecular weight is 235 g/mol. The van der Waals surface area contributed by atoms with E-state index in [4.69, 9.17) is 10.00 Å². The molecule has 0 radical (unpaired) electrons. The molecule has 0 bridgehead atoms. The Hall–Kier alpha value is -1.80. The molecular formula is C11H9NO3S. The van der Waals surface area contributed by atoms with Gasteiger partial charge in [0.1, 0.15) is 0 Å². The molecule has 0 N–H and O–H groups in total. The van der Waals surface area contributed by atoms with Crippen LogP contribution in [-0.4, -0.2) is 18.9 Å². The molecule has 0 fully saturated rings. The van der Waals surface area contributed by atoms with Gasteiger partial charge in [-0.3, -0.25) is 4.79 Å². The summed E-state index contributed by atoms with van der Waals surface area (Å²) >= 11 is 4.07. The van der Waals surface area contributed by atoms with Crippen LogP contribution >= 0.6 is 12.6 Å². The van der Waals surface area contributed by atoms with Gasteiger partial charge in [0.15, 0.2) is 6.29 Å². The fraction of sp³-hybridized carbons (Fsp3) is 0.182. The van der Waals surface area contributed by atoms with Crippen molar-refractivity contribution in [1.82, 2.24) is 0 Å². The fourth-order valence-corrected chi connectivity index (χ4v) is 1.46. The number of hydrogen-bond acceptors (Lipinski definition) is 5. The highest BCUT2D eigenvalue weighted by Gasteiger charge is 2.14. The molecule has 5 heteroatoms. The number of thiol groups is 1. The van der Waals surface area contributed by atoms with Crippen molar-refractivity contribution in [1.29, 1.82) is 5.26 Å². The molecular weight excluding hydrogens is 226 g/mol. The Kier molecular flexibility index (Phi) is 4.09. The van der Waals surface area contributed by atoms with E-state index < -0.39 is 5.97 Å². The van der Waals surface area contributed by atoms with Crippen LogP contribution in [0, 0.1) is 11.3 Å². The maximum Gasteiger partial charge on any atom is 0.339 e. The predicted octanol–water partition coefficient (Wildman–Crippen LogP) is 1.84. The van der Waals surface area contributed by atoms with E-state index in [9.17, 15) is 9.59 Å². The molecule has 1 aromatic carbocycles. The van der Waals surface area contributed by atoms with Crippen molar-refractivity contribution in [3.63, 3.8) is 0 Å². The van der Waals surface area contributed by atoms with Crippen molar-refractivity contribution in [2.75, 3.05) is 6.61 Å². The van der Waals surface area contributed by atoms with Gasteiger partial charge >= 0.3 is 5.97 Å². The molecule has 0 saturated carbocycles. The molecule has 0 amide bonds. The Labute approximate surface area is 98.2 Å². The topological polar surface area (TPSA) is 67.2 Å². The minimum Gasteiger partial charge on any atom is -0.462 e. The van der Waals surface area contributed by atoms with Gasteiger partial charge in [0.05, 0.1) is 23.8 Å². The number of ether oxygens (including phenoxy) is 1. The number of aldehydes is 1. The number of hydrogen-bond donors (Lipinski definition) is 1. The summed E-state index contributed by atoms with van der Waals surface area (Å²) in [6, 6.07) is 4.54. The van der Waals surface area contributed by atoms with Crippen molar-refractivity contribution in [3.8, 4) is 6.07 Å². The third-order valence-electron chi connectivity index (χ3n) is 1.91. The predicted molar refractivity (Wildman–Crippen MR) is 59.8 cm³/mol. The van der Waals surface area contributed by atoms with Crippen molar-refractivity contribution >= 4 is 24.9 Å². The van der Waals surface area contributed by atoms with E-state index in [1.165, 1.54) is 12.1 Å². The first-order valence-corrected chi connectivity index (χ1v) is 4.98. The van der Waals surface area contributed by atoms with Crippen LogP contribution < -0.4 is 0 Å². The molecule has 0 atom stereocenters. The van der Waals surface area contributed by atoms with Crippen LogP contribution in [0.4, 0.5) is 0 Å². The van der Waals surface area contributed by atoms with Crippen molar-refractivity contribution in [2.24, 2.45) is 0 Å². The summed E-state index contributed by atoms with van der Waals surface area (Å²) < 4.78 is 4.80. The number of nitriles is 1. The molecule has 16 heavy (non-hydrogen) atoms. The van der Waals surface area contributed by atoms with Gasteiger partial charge in [-0.15, -0.1) is 12.6 Å². The lowest BCUT2D eigenvalue weighted by Gasteiger charge is -2.06. The molecule has 0 unspecified atom stereocenters. The summed E-state index contributed by atoms with van der Waals surface area (Å²) in [4.78, 5) is 22.5. The molecule has 0 spiro atoms. The highest BCUT2D eigenvalue weighted by molar-refractivity contribution is 7.80. The average Bonchev–Trinajstić information content (AvgIpc) is 2.28. The first-order valence-electron chi connectivity index (χ1n) is 4.53. The summed E-state index contributed by atoms with van der Waals surface area (Å²) in [6.45, 7) is 1.92. The second-order valence-corrected chi connectivity index (χ2v) is 3.39. The fourth-order valence-electron chi connectivity index (χ4n) is 1.17. The Morgan fingerprint density at radius 1 is 1.62 bits per heavy atom. The molecule has 1 rings (SSSR count). The van der Waals surface area contributed by atoms with Gasteiger partial charge in [0.2, 0.25) is 0 Å². The third kappa shape index (κ3) is 2.41. The van der Waals surface area contributed by atoms with Gasteiger partial charge in [-0.25, -0.2) is 4.79 Å². The Morgan fingerprint density at radius 3 is 2.81 bits per heavy atom. The van der Waals surface area contributed by atoms with Gasteiger partial charge < -0.3 is 4.74 Å². The molecule has 0 aromatic heterocycles. The van der Waals surface area contributed by atoms with Gasteiger partial charge in [-0.1, -0.05) is 0 Å². The summed E-state index contributed by atoms with van der Waals surface area (Å²) in [5.41, 5.74) is 0.530. The molecule has 0 saturated heterocycles. The molecule has 4 nitrogen and oxygen atoms in total. The second kappa shape index (κ2) is 5.33. The van der Waals surface area contributed by atoms with Crippen LogP contribution in [0.3, 0.4) is 0 Å². The van der Waals surface area contributed by atoms with Crippen molar-refractivity contribution in [3.05, 3.63) is 28.8 Å². The number of rotatable bonds is 3. The second-order valence-electron chi connectivity index (χ2n) is 2.91. The highest BCUT2D eigenvalue weighted by atomic mass is 32.1.